The second kappa shape index (κ2) is 6.03. The van der Waals surface area contributed by atoms with Crippen LogP contribution in [0.15, 0.2) is 36.4 Å². The third-order valence-electron chi connectivity index (χ3n) is 2.68. The number of anilines is 1. The molecule has 0 aliphatic carbocycles. The third kappa shape index (κ3) is 3.15. The second-order valence-electron chi connectivity index (χ2n) is 4.13. The molecule has 1 amide bonds. The highest BCUT2D eigenvalue weighted by Gasteiger charge is 2.12. The summed E-state index contributed by atoms with van der Waals surface area (Å²) in [5.74, 6) is -0.326. The number of nitrogen functional groups attached to an aromatic ring is 1. The van der Waals surface area contributed by atoms with E-state index in [2.05, 4.69) is 0 Å². The van der Waals surface area contributed by atoms with Crippen molar-refractivity contribution in [2.45, 2.75) is 6.61 Å². The van der Waals surface area contributed by atoms with E-state index < -0.39 is 5.91 Å². The number of hydrogen-bond donors (Lipinski definition) is 2. The first kappa shape index (κ1) is 14.5. The molecule has 0 unspecified atom stereocenters. The van der Waals surface area contributed by atoms with Gasteiger partial charge < -0.3 is 16.2 Å². The number of hydrogen-bond acceptors (Lipinski definition) is 3. The Hall–Kier alpha value is -1.91. The minimum Gasteiger partial charge on any atom is -0.486 e. The maximum absolute atomic E-state index is 11.3. The number of ether oxygens (including phenoxy) is 1. The van der Waals surface area contributed by atoms with Crippen LogP contribution in [0.4, 0.5) is 5.69 Å². The van der Waals surface area contributed by atoms with Crippen molar-refractivity contribution in [3.8, 4) is 5.75 Å². The first-order chi connectivity index (χ1) is 9.49. The fraction of sp³-hybridized carbons (Fsp3) is 0.0714. The number of halogens is 2. The summed E-state index contributed by atoms with van der Waals surface area (Å²) >= 11 is 11.8. The highest BCUT2D eigenvalue weighted by Crippen LogP contribution is 2.28. The lowest BCUT2D eigenvalue weighted by Gasteiger charge is -2.12. The number of carbonyl (C=O) groups is 1. The molecule has 0 atom stereocenters. The van der Waals surface area contributed by atoms with Gasteiger partial charge in [0.1, 0.15) is 6.61 Å². The van der Waals surface area contributed by atoms with Crippen LogP contribution in [0.1, 0.15) is 15.9 Å². The number of amides is 1. The van der Waals surface area contributed by atoms with Gasteiger partial charge in [0.15, 0.2) is 5.75 Å². The zero-order valence-electron chi connectivity index (χ0n) is 10.4. The number of rotatable bonds is 4. The highest BCUT2D eigenvalue weighted by atomic mass is 35.5. The maximum Gasteiger partial charge on any atom is 0.252 e. The summed E-state index contributed by atoms with van der Waals surface area (Å²) in [4.78, 5) is 11.3. The Kier molecular flexibility index (Phi) is 4.37. The molecule has 0 radical (unpaired) electrons. The van der Waals surface area contributed by atoms with E-state index in [-0.39, 0.29) is 17.9 Å². The van der Waals surface area contributed by atoms with E-state index in [1.54, 1.807) is 36.4 Å². The molecular weight excluding hydrogens is 299 g/mol. The monoisotopic (exact) mass is 310 g/mol. The zero-order chi connectivity index (χ0) is 14.7. The Balaban J connectivity index is 2.22. The maximum atomic E-state index is 11.3. The van der Waals surface area contributed by atoms with Crippen molar-refractivity contribution >= 4 is 34.8 Å². The molecule has 0 aliphatic heterocycles. The molecule has 20 heavy (non-hydrogen) atoms. The van der Waals surface area contributed by atoms with Gasteiger partial charge in [0.2, 0.25) is 0 Å². The summed E-state index contributed by atoms with van der Waals surface area (Å²) in [5, 5.41) is 0.899. The van der Waals surface area contributed by atoms with Gasteiger partial charge in [-0.1, -0.05) is 35.3 Å². The molecule has 2 aromatic carbocycles. The second-order valence-corrected chi connectivity index (χ2v) is 4.94. The Bertz CT molecular complexity index is 660. The van der Waals surface area contributed by atoms with Gasteiger partial charge in [-0.2, -0.15) is 0 Å². The zero-order valence-corrected chi connectivity index (χ0v) is 11.9. The van der Waals surface area contributed by atoms with Gasteiger partial charge in [0.25, 0.3) is 5.91 Å². The predicted molar refractivity (Wildman–Crippen MR) is 80.2 cm³/mol. The first-order valence-electron chi connectivity index (χ1n) is 5.74. The van der Waals surface area contributed by atoms with Crippen LogP contribution >= 0.6 is 23.2 Å². The number of benzene rings is 2. The van der Waals surface area contributed by atoms with E-state index in [1.807, 2.05) is 0 Å². The molecule has 0 heterocycles. The fourth-order valence-electron chi connectivity index (χ4n) is 1.69. The summed E-state index contributed by atoms with van der Waals surface area (Å²) in [6.07, 6.45) is 0. The minimum atomic E-state index is -0.596. The molecule has 0 fully saturated rings. The molecule has 2 aromatic rings. The summed E-state index contributed by atoms with van der Waals surface area (Å²) < 4.78 is 5.58. The Morgan fingerprint density at radius 3 is 2.55 bits per heavy atom. The lowest BCUT2D eigenvalue weighted by atomic mass is 10.1. The number of nitrogens with two attached hydrogens (primary N) is 2. The Morgan fingerprint density at radius 2 is 1.90 bits per heavy atom. The van der Waals surface area contributed by atoms with Gasteiger partial charge >= 0.3 is 0 Å². The third-order valence-corrected chi connectivity index (χ3v) is 3.42. The molecular formula is C14H12Cl2N2O2. The topological polar surface area (TPSA) is 78.3 Å². The molecule has 6 heteroatoms. The van der Waals surface area contributed by atoms with Crippen LogP contribution < -0.4 is 16.2 Å². The first-order valence-corrected chi connectivity index (χ1v) is 6.49. The van der Waals surface area contributed by atoms with Crippen LogP contribution in [0.25, 0.3) is 0 Å². The van der Waals surface area contributed by atoms with Crippen molar-refractivity contribution < 1.29 is 9.53 Å². The van der Waals surface area contributed by atoms with Crippen LogP contribution in [0, 0.1) is 0 Å². The molecule has 2 rings (SSSR count). The number of carbonyl (C=O) groups excluding carboxylic acids is 1. The smallest absolute Gasteiger partial charge is 0.252 e. The Labute approximate surface area is 126 Å². The summed E-state index contributed by atoms with van der Waals surface area (Å²) in [6, 6.07) is 9.97. The molecule has 0 saturated carbocycles. The van der Waals surface area contributed by atoms with Crippen LogP contribution in [-0.4, -0.2) is 5.91 Å². The summed E-state index contributed by atoms with van der Waals surface area (Å²) in [7, 11) is 0. The highest BCUT2D eigenvalue weighted by molar-refractivity contribution is 6.42. The SMILES string of the molecule is NC(=O)c1cccc(N)c1OCc1ccc(Cl)c(Cl)c1. The molecule has 4 nitrogen and oxygen atoms in total. The molecule has 104 valence electrons. The van der Waals surface area contributed by atoms with Gasteiger partial charge in [0.05, 0.1) is 21.3 Å². The molecule has 0 bridgehead atoms. The van der Waals surface area contributed by atoms with Gasteiger partial charge in [-0.25, -0.2) is 0 Å². The normalized spacial score (nSPS) is 10.3. The predicted octanol–water partition coefficient (Wildman–Crippen LogP) is 3.25. The van der Waals surface area contributed by atoms with Crippen molar-refractivity contribution in [1.29, 1.82) is 0 Å². The van der Waals surface area contributed by atoms with Gasteiger partial charge in [-0.3, -0.25) is 4.79 Å². The average molecular weight is 311 g/mol. The fourth-order valence-corrected chi connectivity index (χ4v) is 2.02. The van der Waals surface area contributed by atoms with Crippen LogP contribution in [0.3, 0.4) is 0 Å². The average Bonchev–Trinajstić information content (AvgIpc) is 2.40. The van der Waals surface area contributed by atoms with Gasteiger partial charge in [0, 0.05) is 0 Å². The standard InChI is InChI=1S/C14H12Cl2N2O2/c15-10-5-4-8(6-11(10)16)7-20-13-9(14(18)19)2-1-3-12(13)17/h1-6H,7,17H2,(H2,18,19). The van der Waals surface area contributed by atoms with Gasteiger partial charge in [-0.15, -0.1) is 0 Å². The molecule has 0 spiro atoms. The lowest BCUT2D eigenvalue weighted by molar-refractivity contribution is 0.0996. The van der Waals surface area contributed by atoms with E-state index in [0.717, 1.165) is 5.56 Å². The quantitative estimate of drug-likeness (QED) is 0.851. The minimum absolute atomic E-state index is 0.200. The Morgan fingerprint density at radius 1 is 1.15 bits per heavy atom. The van der Waals surface area contributed by atoms with Crippen molar-refractivity contribution in [3.63, 3.8) is 0 Å². The number of primary amides is 1. The van der Waals surface area contributed by atoms with Crippen molar-refractivity contribution in [3.05, 3.63) is 57.6 Å². The molecule has 0 aromatic heterocycles. The van der Waals surface area contributed by atoms with E-state index in [1.165, 1.54) is 0 Å². The summed E-state index contributed by atoms with van der Waals surface area (Å²) in [6.45, 7) is 0.200. The van der Waals surface area contributed by atoms with Crippen molar-refractivity contribution in [1.82, 2.24) is 0 Å². The largest absolute Gasteiger partial charge is 0.486 e. The summed E-state index contributed by atoms with van der Waals surface area (Å²) in [5.41, 5.74) is 12.5. The van der Waals surface area contributed by atoms with Crippen LogP contribution in [-0.2, 0) is 6.61 Å². The van der Waals surface area contributed by atoms with E-state index >= 15 is 0 Å². The lowest BCUT2D eigenvalue weighted by Crippen LogP contribution is -2.14. The molecule has 0 aliphatic rings. The number of para-hydroxylation sites is 1. The van der Waals surface area contributed by atoms with E-state index in [4.69, 9.17) is 39.4 Å². The van der Waals surface area contributed by atoms with Crippen LogP contribution in [0.2, 0.25) is 10.0 Å². The van der Waals surface area contributed by atoms with Crippen LogP contribution in [0.5, 0.6) is 5.75 Å². The molecule has 4 N–H and O–H groups in total. The molecule has 0 saturated heterocycles. The van der Waals surface area contributed by atoms with E-state index in [0.29, 0.717) is 15.7 Å². The van der Waals surface area contributed by atoms with Crippen molar-refractivity contribution in [2.75, 3.05) is 5.73 Å². The van der Waals surface area contributed by atoms with Gasteiger partial charge in [-0.05, 0) is 29.8 Å². The van der Waals surface area contributed by atoms with Crippen molar-refractivity contribution in [2.24, 2.45) is 5.73 Å². The van der Waals surface area contributed by atoms with E-state index in [9.17, 15) is 4.79 Å².